The van der Waals surface area contributed by atoms with E-state index in [1.807, 2.05) is 0 Å². The molecule has 2 heterocycles. The molecule has 0 saturated carbocycles. The van der Waals surface area contributed by atoms with Crippen molar-refractivity contribution in [3.05, 3.63) is 5.82 Å². The van der Waals surface area contributed by atoms with Gasteiger partial charge in [0.1, 0.15) is 5.82 Å². The molecule has 0 aromatic carbocycles. The molecule has 19 heavy (non-hydrogen) atoms. The lowest BCUT2D eigenvalue weighted by molar-refractivity contribution is 0.242. The molecule has 0 spiro atoms. The molecule has 2 amide bonds. The van der Waals surface area contributed by atoms with Crippen LogP contribution in [0.3, 0.4) is 0 Å². The zero-order chi connectivity index (χ0) is 14.0. The number of carbonyl (C=O) groups is 1. The summed E-state index contributed by atoms with van der Waals surface area (Å²) in [5.74, 6) is 0.893. The average Bonchev–Trinajstić information content (AvgIpc) is 2.78. The lowest BCUT2D eigenvalue weighted by Crippen LogP contribution is -2.46. The van der Waals surface area contributed by atoms with Crippen LogP contribution in [0.25, 0.3) is 0 Å². The lowest BCUT2D eigenvalue weighted by atomic mass is 9.96. The van der Waals surface area contributed by atoms with Crippen molar-refractivity contribution < 1.29 is 4.79 Å². The van der Waals surface area contributed by atoms with E-state index >= 15 is 0 Å². The van der Waals surface area contributed by atoms with E-state index in [0.717, 1.165) is 36.9 Å². The van der Waals surface area contributed by atoms with Crippen LogP contribution < -0.4 is 16.0 Å². The summed E-state index contributed by atoms with van der Waals surface area (Å²) in [4.78, 5) is 17.7. The van der Waals surface area contributed by atoms with Crippen molar-refractivity contribution in [1.29, 1.82) is 0 Å². The van der Waals surface area contributed by atoms with Crippen LogP contribution in [0.4, 0.5) is 9.93 Å². The Balaban J connectivity index is 1.94. The van der Waals surface area contributed by atoms with E-state index in [2.05, 4.69) is 40.3 Å². The second-order valence-electron chi connectivity index (χ2n) is 5.92. The lowest BCUT2D eigenvalue weighted by Gasteiger charge is -2.31. The maximum Gasteiger partial charge on any atom is 0.312 e. The summed E-state index contributed by atoms with van der Waals surface area (Å²) >= 11 is 1.45. The first-order valence-electron chi connectivity index (χ1n) is 6.51. The van der Waals surface area contributed by atoms with E-state index in [1.54, 1.807) is 0 Å². The zero-order valence-corrected chi connectivity index (χ0v) is 12.5. The molecule has 7 heteroatoms. The van der Waals surface area contributed by atoms with Gasteiger partial charge in [-0.2, -0.15) is 4.37 Å². The number of amides is 2. The molecule has 1 aromatic rings. The fourth-order valence-electron chi connectivity index (χ4n) is 2.06. The number of hydrogen-bond acceptors (Lipinski definition) is 5. The number of primary amides is 1. The van der Waals surface area contributed by atoms with Crippen molar-refractivity contribution >= 4 is 22.7 Å². The molecular formula is C12H21N5OS. The molecule has 2 rings (SSSR count). The van der Waals surface area contributed by atoms with E-state index < -0.39 is 6.03 Å². The highest BCUT2D eigenvalue weighted by molar-refractivity contribution is 7.09. The normalized spacial score (nSPS) is 17.5. The maximum atomic E-state index is 10.8. The molecule has 1 aliphatic heterocycles. The summed E-state index contributed by atoms with van der Waals surface area (Å²) in [5.41, 5.74) is 5.12. The minimum Gasteiger partial charge on any atom is -0.352 e. The molecule has 0 unspecified atom stereocenters. The monoisotopic (exact) mass is 283 g/mol. The molecule has 1 fully saturated rings. The molecule has 106 valence electrons. The fourth-order valence-corrected chi connectivity index (χ4v) is 2.97. The number of aromatic nitrogens is 2. The molecule has 0 aliphatic carbocycles. The summed E-state index contributed by atoms with van der Waals surface area (Å²) in [7, 11) is 0. The van der Waals surface area contributed by atoms with Crippen LogP contribution >= 0.6 is 11.5 Å². The highest BCUT2D eigenvalue weighted by atomic mass is 32.1. The topological polar surface area (TPSA) is 84.1 Å². The van der Waals surface area contributed by atoms with Gasteiger partial charge >= 0.3 is 6.03 Å². The Morgan fingerprint density at radius 2 is 2.05 bits per heavy atom. The Morgan fingerprint density at radius 3 is 2.53 bits per heavy atom. The van der Waals surface area contributed by atoms with Crippen molar-refractivity contribution in [2.75, 3.05) is 18.0 Å². The van der Waals surface area contributed by atoms with Gasteiger partial charge in [0, 0.05) is 36.1 Å². The van der Waals surface area contributed by atoms with Crippen molar-refractivity contribution in [2.24, 2.45) is 5.73 Å². The molecular weight excluding hydrogens is 262 g/mol. The number of anilines is 1. The maximum absolute atomic E-state index is 10.8. The van der Waals surface area contributed by atoms with Gasteiger partial charge in [-0.25, -0.2) is 9.78 Å². The molecule has 1 saturated heterocycles. The first kappa shape index (κ1) is 14.0. The van der Waals surface area contributed by atoms with Gasteiger partial charge in [-0.3, -0.25) is 0 Å². The van der Waals surface area contributed by atoms with Crippen LogP contribution in [-0.4, -0.2) is 34.5 Å². The SMILES string of the molecule is CC(C)(C)c1nsc(N2CCC(NC(N)=O)CC2)n1. The Hall–Kier alpha value is -1.37. The summed E-state index contributed by atoms with van der Waals surface area (Å²) < 4.78 is 4.43. The number of carbonyl (C=O) groups excluding carboxylic acids is 1. The number of nitrogens with one attached hydrogen (secondary N) is 1. The van der Waals surface area contributed by atoms with Gasteiger partial charge in [0.15, 0.2) is 0 Å². The van der Waals surface area contributed by atoms with Crippen molar-refractivity contribution in [1.82, 2.24) is 14.7 Å². The summed E-state index contributed by atoms with van der Waals surface area (Å²) in [6.07, 6.45) is 1.79. The predicted molar refractivity (Wildman–Crippen MR) is 76.6 cm³/mol. The highest BCUT2D eigenvalue weighted by Gasteiger charge is 2.25. The van der Waals surface area contributed by atoms with Gasteiger partial charge in [0.05, 0.1) is 0 Å². The number of urea groups is 1. The van der Waals surface area contributed by atoms with E-state index in [-0.39, 0.29) is 11.5 Å². The van der Waals surface area contributed by atoms with Crippen LogP contribution in [-0.2, 0) is 5.41 Å². The Kier molecular flexibility index (Phi) is 3.93. The quantitative estimate of drug-likeness (QED) is 0.861. The van der Waals surface area contributed by atoms with Crippen LogP contribution in [0.1, 0.15) is 39.4 Å². The third kappa shape index (κ3) is 3.56. The third-order valence-electron chi connectivity index (χ3n) is 3.20. The highest BCUT2D eigenvalue weighted by Crippen LogP contribution is 2.27. The van der Waals surface area contributed by atoms with Gasteiger partial charge in [-0.15, -0.1) is 0 Å². The molecule has 6 nitrogen and oxygen atoms in total. The third-order valence-corrected chi connectivity index (χ3v) is 3.97. The van der Waals surface area contributed by atoms with E-state index in [9.17, 15) is 4.79 Å². The van der Waals surface area contributed by atoms with Gasteiger partial charge in [-0.1, -0.05) is 20.8 Å². The smallest absolute Gasteiger partial charge is 0.312 e. The van der Waals surface area contributed by atoms with Crippen molar-refractivity contribution in [2.45, 2.75) is 45.1 Å². The number of piperidine rings is 1. The van der Waals surface area contributed by atoms with Crippen LogP contribution in [0.2, 0.25) is 0 Å². The zero-order valence-electron chi connectivity index (χ0n) is 11.6. The minimum atomic E-state index is -0.440. The summed E-state index contributed by atoms with van der Waals surface area (Å²) in [6.45, 7) is 8.10. The molecule has 1 aromatic heterocycles. The average molecular weight is 283 g/mol. The van der Waals surface area contributed by atoms with Gasteiger partial charge < -0.3 is 16.0 Å². The molecule has 0 radical (unpaired) electrons. The molecule has 0 bridgehead atoms. The summed E-state index contributed by atoms with van der Waals surface area (Å²) in [6, 6.07) is -0.256. The van der Waals surface area contributed by atoms with Gasteiger partial charge in [0.25, 0.3) is 0 Å². The number of rotatable bonds is 2. The first-order chi connectivity index (χ1) is 8.86. The van der Waals surface area contributed by atoms with E-state index in [1.165, 1.54) is 11.5 Å². The Bertz CT molecular complexity index is 445. The van der Waals surface area contributed by atoms with Gasteiger partial charge in [0.2, 0.25) is 5.13 Å². The fraction of sp³-hybridized carbons (Fsp3) is 0.750. The molecule has 1 aliphatic rings. The predicted octanol–water partition coefficient (Wildman–Crippen LogP) is 1.47. The number of nitrogens with two attached hydrogens (primary N) is 1. The van der Waals surface area contributed by atoms with Crippen LogP contribution in [0.15, 0.2) is 0 Å². The first-order valence-corrected chi connectivity index (χ1v) is 7.28. The van der Waals surface area contributed by atoms with Crippen molar-refractivity contribution in [3.63, 3.8) is 0 Å². The Morgan fingerprint density at radius 1 is 1.42 bits per heavy atom. The van der Waals surface area contributed by atoms with Gasteiger partial charge in [-0.05, 0) is 12.8 Å². The Labute approximate surface area is 117 Å². The standard InChI is InChI=1S/C12H21N5OS/c1-12(2,3)9-15-11(19-16-9)17-6-4-8(5-7-17)14-10(13)18/h8H,4-7H2,1-3H3,(H3,13,14,18). The van der Waals surface area contributed by atoms with Crippen LogP contribution in [0, 0.1) is 0 Å². The number of nitrogens with zero attached hydrogens (tertiary/aromatic N) is 3. The second kappa shape index (κ2) is 5.32. The second-order valence-corrected chi connectivity index (χ2v) is 6.65. The number of hydrogen-bond donors (Lipinski definition) is 2. The molecule has 3 N–H and O–H groups in total. The largest absolute Gasteiger partial charge is 0.352 e. The van der Waals surface area contributed by atoms with Crippen LogP contribution in [0.5, 0.6) is 0 Å². The summed E-state index contributed by atoms with van der Waals surface area (Å²) in [5, 5.41) is 3.74. The minimum absolute atomic E-state index is 0.0133. The van der Waals surface area contributed by atoms with E-state index in [0.29, 0.717) is 0 Å². The van der Waals surface area contributed by atoms with E-state index in [4.69, 9.17) is 5.73 Å². The molecule has 0 atom stereocenters. The van der Waals surface area contributed by atoms with Crippen molar-refractivity contribution in [3.8, 4) is 0 Å².